The van der Waals surface area contributed by atoms with E-state index in [1.807, 2.05) is 9.80 Å². The van der Waals surface area contributed by atoms with Crippen LogP contribution in [0.2, 0.25) is 0 Å². The third-order valence-electron chi connectivity index (χ3n) is 6.77. The molecule has 0 unspecified atom stereocenters. The monoisotopic (exact) mass is 466 g/mol. The third-order valence-corrected chi connectivity index (χ3v) is 9.85. The van der Waals surface area contributed by atoms with Crippen molar-refractivity contribution < 1.29 is 21.6 Å². The van der Waals surface area contributed by atoms with Crippen LogP contribution in [0.4, 0.5) is 0 Å². The van der Waals surface area contributed by atoms with E-state index in [-0.39, 0.29) is 28.4 Å². The van der Waals surface area contributed by atoms with Gasteiger partial charge in [0, 0.05) is 44.3 Å². The van der Waals surface area contributed by atoms with Gasteiger partial charge in [-0.1, -0.05) is 12.1 Å². The molecule has 1 aromatic rings. The van der Waals surface area contributed by atoms with Crippen molar-refractivity contribution >= 4 is 31.6 Å². The normalized spacial score (nSPS) is 29.7. The molecule has 9 nitrogen and oxygen atoms in total. The molecule has 0 saturated carbocycles. The quantitative estimate of drug-likeness (QED) is 0.601. The minimum atomic E-state index is -3.73. The van der Waals surface area contributed by atoms with E-state index in [1.165, 1.54) is 0 Å². The summed E-state index contributed by atoms with van der Waals surface area (Å²) in [6, 6.07) is 6.39. The van der Waals surface area contributed by atoms with Crippen molar-refractivity contribution in [2.75, 3.05) is 44.2 Å². The number of piperazine rings is 1. The smallest absolute Gasteiger partial charge is 0.285 e. The van der Waals surface area contributed by atoms with E-state index in [9.17, 15) is 21.6 Å². The zero-order valence-corrected chi connectivity index (χ0v) is 18.8. The highest BCUT2D eigenvalue weighted by Gasteiger charge is 2.41. The van der Waals surface area contributed by atoms with Crippen LogP contribution in [0.25, 0.3) is 0 Å². The maximum absolute atomic E-state index is 13.3. The maximum atomic E-state index is 13.3. The number of sulfonamides is 1. The summed E-state index contributed by atoms with van der Waals surface area (Å²) >= 11 is 0. The van der Waals surface area contributed by atoms with E-state index in [1.54, 1.807) is 24.3 Å². The minimum Gasteiger partial charge on any atom is -0.343 e. The molecule has 5 rings (SSSR count). The van der Waals surface area contributed by atoms with Crippen molar-refractivity contribution in [3.63, 3.8) is 0 Å². The molecule has 4 aliphatic rings. The molecule has 2 atom stereocenters. The maximum Gasteiger partial charge on any atom is 0.285 e. The molecule has 3 saturated heterocycles. The molecule has 3 fully saturated rings. The Kier molecular flexibility index (Phi) is 5.10. The van der Waals surface area contributed by atoms with Gasteiger partial charge in [0.1, 0.15) is 10.9 Å². The largest absolute Gasteiger partial charge is 0.343 e. The second-order valence-corrected chi connectivity index (χ2v) is 12.5. The van der Waals surface area contributed by atoms with Crippen molar-refractivity contribution in [3.05, 3.63) is 29.8 Å². The summed E-state index contributed by atoms with van der Waals surface area (Å²) in [5, 5.41) is 0. The van der Waals surface area contributed by atoms with E-state index >= 15 is 0 Å². The highest BCUT2D eigenvalue weighted by Crippen LogP contribution is 2.32. The first-order valence-electron chi connectivity index (χ1n) is 10.7. The standard InChI is InChI=1S/C20H26N4O5S2/c25-20(23-11-9-22(10-12-23)15-7-13-30(26,27)14-15)17-5-3-8-24(17)19-16-4-1-2-6-18(16)31(28,29)21-19/h1-2,4,6,15,17H,3,5,7-14H2/t15-,17+/m1/s1. The number of hydrogen-bond donors (Lipinski definition) is 0. The molecule has 11 heteroatoms. The molecule has 0 aromatic heterocycles. The summed E-state index contributed by atoms with van der Waals surface area (Å²) in [4.78, 5) is 19.4. The Hall–Kier alpha value is -1.98. The van der Waals surface area contributed by atoms with Gasteiger partial charge in [-0.05, 0) is 31.4 Å². The first kappa shape index (κ1) is 20.9. The number of benzene rings is 1. The van der Waals surface area contributed by atoms with E-state index in [2.05, 4.69) is 9.30 Å². The van der Waals surface area contributed by atoms with Crippen LogP contribution in [0.3, 0.4) is 0 Å². The Bertz CT molecular complexity index is 1140. The van der Waals surface area contributed by atoms with E-state index < -0.39 is 25.9 Å². The summed E-state index contributed by atoms with van der Waals surface area (Å²) < 4.78 is 52.5. The fraction of sp³-hybridized carbons (Fsp3) is 0.600. The summed E-state index contributed by atoms with van der Waals surface area (Å²) in [5.41, 5.74) is 0.564. The summed E-state index contributed by atoms with van der Waals surface area (Å²) in [6.45, 7) is 3.04. The fourth-order valence-electron chi connectivity index (χ4n) is 5.15. The number of nitrogens with zero attached hydrogens (tertiary/aromatic N) is 4. The molecular weight excluding hydrogens is 440 g/mol. The van der Waals surface area contributed by atoms with Crippen molar-refractivity contribution in [2.45, 2.75) is 36.2 Å². The topological polar surface area (TPSA) is 107 Å². The number of carbonyl (C=O) groups excluding carboxylic acids is 1. The first-order chi connectivity index (χ1) is 14.8. The number of fused-ring (bicyclic) bond motifs is 1. The van der Waals surface area contributed by atoms with E-state index in [0.717, 1.165) is 6.42 Å². The van der Waals surface area contributed by atoms with E-state index in [4.69, 9.17) is 0 Å². The average molecular weight is 467 g/mol. The van der Waals surface area contributed by atoms with Crippen molar-refractivity contribution in [1.82, 2.24) is 14.7 Å². The Morgan fingerprint density at radius 3 is 2.42 bits per heavy atom. The van der Waals surface area contributed by atoms with Crippen LogP contribution < -0.4 is 0 Å². The van der Waals surface area contributed by atoms with Crippen LogP contribution in [0.15, 0.2) is 33.6 Å². The number of carbonyl (C=O) groups is 1. The Balaban J connectivity index is 1.29. The van der Waals surface area contributed by atoms with Gasteiger partial charge >= 0.3 is 0 Å². The molecular formula is C20H26N4O5S2. The highest BCUT2D eigenvalue weighted by molar-refractivity contribution is 7.91. The molecule has 1 aromatic carbocycles. The molecule has 168 valence electrons. The molecule has 31 heavy (non-hydrogen) atoms. The number of hydrogen-bond acceptors (Lipinski definition) is 7. The van der Waals surface area contributed by atoms with Crippen LogP contribution in [0, 0.1) is 0 Å². The van der Waals surface area contributed by atoms with Gasteiger partial charge < -0.3 is 9.80 Å². The second-order valence-electron chi connectivity index (χ2n) is 8.66. The molecule has 0 aliphatic carbocycles. The predicted octanol–water partition coefficient (Wildman–Crippen LogP) is -0.0688. The highest BCUT2D eigenvalue weighted by atomic mass is 32.2. The van der Waals surface area contributed by atoms with Gasteiger partial charge in [0.2, 0.25) is 5.91 Å². The van der Waals surface area contributed by atoms with Crippen LogP contribution in [0.5, 0.6) is 0 Å². The molecule has 1 amide bonds. The lowest BCUT2D eigenvalue weighted by Gasteiger charge is -2.39. The van der Waals surface area contributed by atoms with Gasteiger partial charge in [-0.25, -0.2) is 8.42 Å². The third kappa shape index (κ3) is 3.76. The second kappa shape index (κ2) is 7.56. The zero-order chi connectivity index (χ0) is 21.8. The van der Waals surface area contributed by atoms with Gasteiger partial charge in [-0.3, -0.25) is 9.69 Å². The molecule has 4 aliphatic heterocycles. The number of rotatable bonds is 2. The predicted molar refractivity (Wildman–Crippen MR) is 115 cm³/mol. The molecule has 0 bridgehead atoms. The minimum absolute atomic E-state index is 0.000623. The zero-order valence-electron chi connectivity index (χ0n) is 17.2. The van der Waals surface area contributed by atoms with Crippen molar-refractivity contribution in [3.8, 4) is 0 Å². The van der Waals surface area contributed by atoms with Crippen molar-refractivity contribution in [2.24, 2.45) is 4.40 Å². The van der Waals surface area contributed by atoms with Gasteiger partial charge in [0.05, 0.1) is 11.5 Å². The van der Waals surface area contributed by atoms with Gasteiger partial charge in [0.15, 0.2) is 15.7 Å². The SMILES string of the molecule is O=C([C@@H]1CCCN1C1=NS(=O)(=O)c2ccccc21)N1CCN([C@@H]2CCS(=O)(=O)C2)CC1. The molecule has 0 N–H and O–H groups in total. The lowest BCUT2D eigenvalue weighted by Crippen LogP contribution is -2.56. The van der Waals surface area contributed by atoms with Crippen molar-refractivity contribution in [1.29, 1.82) is 0 Å². The number of sulfone groups is 1. The molecule has 4 heterocycles. The van der Waals surface area contributed by atoms with E-state index in [0.29, 0.717) is 57.0 Å². The average Bonchev–Trinajstić information content (AvgIpc) is 3.44. The van der Waals surface area contributed by atoms with Crippen LogP contribution in [-0.2, 0) is 24.7 Å². The first-order valence-corrected chi connectivity index (χ1v) is 14.0. The van der Waals surface area contributed by atoms with Crippen LogP contribution >= 0.6 is 0 Å². The Labute approximate surface area is 182 Å². The summed E-state index contributed by atoms with van der Waals surface area (Å²) in [6.07, 6.45) is 2.14. The Morgan fingerprint density at radius 2 is 1.71 bits per heavy atom. The molecule has 0 radical (unpaired) electrons. The van der Waals surface area contributed by atoms with Gasteiger partial charge in [0.25, 0.3) is 10.0 Å². The molecule has 0 spiro atoms. The lowest BCUT2D eigenvalue weighted by atomic mass is 10.1. The fourth-order valence-corrected chi connectivity index (χ4v) is 8.13. The Morgan fingerprint density at radius 1 is 0.968 bits per heavy atom. The van der Waals surface area contributed by atoms with Crippen LogP contribution in [0.1, 0.15) is 24.8 Å². The summed E-state index contributed by atoms with van der Waals surface area (Å²) in [7, 11) is -6.66. The summed E-state index contributed by atoms with van der Waals surface area (Å²) in [5.74, 6) is 0.840. The van der Waals surface area contributed by atoms with Crippen LogP contribution in [-0.4, -0.2) is 99.6 Å². The number of amides is 1. The van der Waals surface area contributed by atoms with Gasteiger partial charge in [-0.15, -0.1) is 4.40 Å². The number of likely N-dealkylation sites (tertiary alicyclic amines) is 1. The number of amidine groups is 1. The van der Waals surface area contributed by atoms with Gasteiger partial charge in [-0.2, -0.15) is 8.42 Å². The lowest BCUT2D eigenvalue weighted by molar-refractivity contribution is -0.136.